The molecule has 1 aromatic rings. The van der Waals surface area contributed by atoms with Crippen LogP contribution >= 0.6 is 27.5 Å². The number of pyridine rings is 1. The van der Waals surface area contributed by atoms with E-state index in [2.05, 4.69) is 25.8 Å². The molecule has 1 saturated carbocycles. The lowest BCUT2D eigenvalue weighted by Crippen LogP contribution is -2.40. The molecule has 0 spiro atoms. The van der Waals surface area contributed by atoms with Gasteiger partial charge in [-0.2, -0.15) is 0 Å². The minimum atomic E-state index is -3.06. The standard InChI is InChI=1S/C15H21BrClN3O2S/c1-19(23(21,22)13-2-3-13)10-11-4-6-20(7-5-11)15-14(16)8-12(17)9-18-15/h8-9,11,13H,2-7,10H2,1H3. The summed E-state index contributed by atoms with van der Waals surface area (Å²) in [5.41, 5.74) is 0. The topological polar surface area (TPSA) is 53.5 Å². The number of hydrogen-bond donors (Lipinski definition) is 0. The van der Waals surface area contributed by atoms with Gasteiger partial charge in [-0.1, -0.05) is 11.6 Å². The van der Waals surface area contributed by atoms with Gasteiger partial charge >= 0.3 is 0 Å². The smallest absolute Gasteiger partial charge is 0.216 e. The zero-order chi connectivity index (χ0) is 16.6. The van der Waals surface area contributed by atoms with Crippen LogP contribution in [0.4, 0.5) is 5.82 Å². The summed E-state index contributed by atoms with van der Waals surface area (Å²) < 4.78 is 26.9. The molecular formula is C15H21BrClN3O2S. The highest BCUT2D eigenvalue weighted by Crippen LogP contribution is 2.33. The highest BCUT2D eigenvalue weighted by molar-refractivity contribution is 9.10. The number of anilines is 1. The van der Waals surface area contributed by atoms with Gasteiger partial charge in [0.15, 0.2) is 0 Å². The van der Waals surface area contributed by atoms with Gasteiger partial charge in [0.2, 0.25) is 10.0 Å². The van der Waals surface area contributed by atoms with E-state index < -0.39 is 10.0 Å². The number of piperidine rings is 1. The fourth-order valence-corrected chi connectivity index (χ4v) is 5.60. The van der Waals surface area contributed by atoms with Crippen molar-refractivity contribution in [3.8, 4) is 0 Å². The molecule has 0 radical (unpaired) electrons. The van der Waals surface area contributed by atoms with Crippen molar-refractivity contribution in [2.45, 2.75) is 30.9 Å². The number of aromatic nitrogens is 1. The number of sulfonamides is 1. The van der Waals surface area contributed by atoms with E-state index in [4.69, 9.17) is 11.6 Å². The van der Waals surface area contributed by atoms with Crippen molar-refractivity contribution in [1.29, 1.82) is 0 Å². The summed E-state index contributed by atoms with van der Waals surface area (Å²) in [6, 6.07) is 1.85. The van der Waals surface area contributed by atoms with Crippen LogP contribution in [-0.2, 0) is 10.0 Å². The van der Waals surface area contributed by atoms with Crippen LogP contribution in [0.5, 0.6) is 0 Å². The molecule has 0 unspecified atom stereocenters. The quantitative estimate of drug-likeness (QED) is 0.731. The van der Waals surface area contributed by atoms with Crippen LogP contribution in [0.1, 0.15) is 25.7 Å². The molecule has 1 aliphatic carbocycles. The molecule has 0 N–H and O–H groups in total. The first-order valence-electron chi connectivity index (χ1n) is 7.89. The molecule has 0 amide bonds. The van der Waals surface area contributed by atoms with E-state index in [0.29, 0.717) is 17.5 Å². The molecule has 1 saturated heterocycles. The van der Waals surface area contributed by atoms with Crippen molar-refractivity contribution in [2.24, 2.45) is 5.92 Å². The Kier molecular flexibility index (Phi) is 5.21. The lowest BCUT2D eigenvalue weighted by atomic mass is 9.97. The molecule has 8 heteroatoms. The van der Waals surface area contributed by atoms with Crippen LogP contribution in [-0.4, -0.2) is 49.6 Å². The fourth-order valence-electron chi connectivity index (χ4n) is 3.06. The van der Waals surface area contributed by atoms with E-state index in [1.54, 1.807) is 17.5 Å². The predicted molar refractivity (Wildman–Crippen MR) is 96.5 cm³/mol. The van der Waals surface area contributed by atoms with Gasteiger partial charge in [-0.15, -0.1) is 0 Å². The lowest BCUT2D eigenvalue weighted by molar-refractivity contribution is 0.327. The van der Waals surface area contributed by atoms with Gasteiger partial charge in [0.1, 0.15) is 5.82 Å². The summed E-state index contributed by atoms with van der Waals surface area (Å²) in [6.45, 7) is 2.40. The van der Waals surface area contributed by atoms with Crippen molar-refractivity contribution in [1.82, 2.24) is 9.29 Å². The number of rotatable bonds is 5. The lowest BCUT2D eigenvalue weighted by Gasteiger charge is -2.34. The minimum absolute atomic E-state index is 0.123. The molecular weight excluding hydrogens is 402 g/mol. The summed E-state index contributed by atoms with van der Waals surface area (Å²) in [4.78, 5) is 6.63. The van der Waals surface area contributed by atoms with Gasteiger partial charge in [-0.05, 0) is 53.6 Å². The third-order valence-electron chi connectivity index (χ3n) is 4.60. The molecule has 0 bridgehead atoms. The van der Waals surface area contributed by atoms with Gasteiger partial charge in [0.25, 0.3) is 0 Å². The Morgan fingerprint density at radius 3 is 2.57 bits per heavy atom. The van der Waals surface area contributed by atoms with Gasteiger partial charge in [-0.25, -0.2) is 17.7 Å². The molecule has 128 valence electrons. The summed E-state index contributed by atoms with van der Waals surface area (Å²) in [5.74, 6) is 1.32. The summed E-state index contributed by atoms with van der Waals surface area (Å²) >= 11 is 9.45. The van der Waals surface area contributed by atoms with E-state index in [9.17, 15) is 8.42 Å². The Labute approximate surface area is 151 Å². The predicted octanol–water partition coefficient (Wildman–Crippen LogP) is 3.14. The van der Waals surface area contributed by atoms with Crippen molar-refractivity contribution < 1.29 is 8.42 Å². The van der Waals surface area contributed by atoms with Gasteiger partial charge in [-0.3, -0.25) is 0 Å². The van der Waals surface area contributed by atoms with Crippen LogP contribution in [0.25, 0.3) is 0 Å². The van der Waals surface area contributed by atoms with Crippen LogP contribution in [0.3, 0.4) is 0 Å². The molecule has 2 fully saturated rings. The van der Waals surface area contributed by atoms with Crippen LogP contribution in [0, 0.1) is 5.92 Å². The summed E-state index contributed by atoms with van der Waals surface area (Å²) in [6.07, 6.45) is 5.25. The monoisotopic (exact) mass is 421 g/mol. The second kappa shape index (κ2) is 6.86. The SMILES string of the molecule is CN(CC1CCN(c2ncc(Cl)cc2Br)CC1)S(=O)(=O)C1CC1. The average molecular weight is 423 g/mol. The molecule has 3 rings (SSSR count). The van der Waals surface area contributed by atoms with Crippen molar-refractivity contribution in [2.75, 3.05) is 31.6 Å². The molecule has 1 aliphatic heterocycles. The minimum Gasteiger partial charge on any atom is -0.356 e. The van der Waals surface area contributed by atoms with Crippen LogP contribution in [0.15, 0.2) is 16.7 Å². The first-order chi connectivity index (χ1) is 10.9. The summed E-state index contributed by atoms with van der Waals surface area (Å²) in [7, 11) is -1.34. The highest BCUT2D eigenvalue weighted by atomic mass is 79.9. The fraction of sp³-hybridized carbons (Fsp3) is 0.667. The van der Waals surface area contributed by atoms with Gasteiger partial charge in [0, 0.05) is 32.9 Å². The number of hydrogen-bond acceptors (Lipinski definition) is 4. The Hall–Kier alpha value is -0.370. The van der Waals surface area contributed by atoms with Crippen molar-refractivity contribution >= 4 is 43.4 Å². The van der Waals surface area contributed by atoms with Crippen molar-refractivity contribution in [3.05, 3.63) is 21.8 Å². The maximum atomic E-state index is 12.2. The largest absolute Gasteiger partial charge is 0.356 e. The molecule has 23 heavy (non-hydrogen) atoms. The van der Waals surface area contributed by atoms with E-state index in [-0.39, 0.29) is 5.25 Å². The molecule has 2 aliphatic rings. The normalized spacial score (nSPS) is 20.3. The average Bonchev–Trinajstić information content (AvgIpc) is 3.33. The Bertz CT molecular complexity index is 673. The van der Waals surface area contributed by atoms with E-state index >= 15 is 0 Å². The zero-order valence-corrected chi connectivity index (χ0v) is 16.2. The van der Waals surface area contributed by atoms with E-state index in [1.807, 2.05) is 6.07 Å². The maximum Gasteiger partial charge on any atom is 0.216 e. The first-order valence-corrected chi connectivity index (χ1v) is 10.6. The zero-order valence-electron chi connectivity index (χ0n) is 13.1. The van der Waals surface area contributed by atoms with E-state index in [1.165, 1.54) is 0 Å². The Balaban J connectivity index is 1.56. The number of nitrogens with zero attached hydrogens (tertiary/aromatic N) is 3. The first kappa shape index (κ1) is 17.5. The molecule has 0 aromatic carbocycles. The molecule has 0 atom stereocenters. The third kappa shape index (κ3) is 4.00. The molecule has 1 aromatic heterocycles. The van der Waals surface area contributed by atoms with Gasteiger partial charge < -0.3 is 4.90 Å². The molecule has 2 heterocycles. The second-order valence-electron chi connectivity index (χ2n) is 6.41. The summed E-state index contributed by atoms with van der Waals surface area (Å²) in [5, 5.41) is 0.490. The van der Waals surface area contributed by atoms with Gasteiger partial charge in [0.05, 0.1) is 14.7 Å². The highest BCUT2D eigenvalue weighted by Gasteiger charge is 2.39. The maximum absolute atomic E-state index is 12.2. The second-order valence-corrected chi connectivity index (χ2v) is 10.0. The van der Waals surface area contributed by atoms with Crippen molar-refractivity contribution in [3.63, 3.8) is 0 Å². The Morgan fingerprint density at radius 2 is 2.00 bits per heavy atom. The number of halogens is 2. The Morgan fingerprint density at radius 1 is 1.35 bits per heavy atom. The third-order valence-corrected chi connectivity index (χ3v) is 7.72. The van der Waals surface area contributed by atoms with E-state index in [0.717, 1.165) is 49.1 Å². The molecule has 5 nitrogen and oxygen atoms in total. The van der Waals surface area contributed by atoms with Crippen LogP contribution < -0.4 is 4.90 Å². The van der Waals surface area contributed by atoms with Crippen LogP contribution in [0.2, 0.25) is 5.02 Å².